The van der Waals surface area contributed by atoms with Crippen molar-refractivity contribution in [2.75, 3.05) is 0 Å². The third-order valence-electron chi connectivity index (χ3n) is 10.2. The largest absolute Gasteiger partial charge is 0.416 e. The lowest BCUT2D eigenvalue weighted by molar-refractivity contribution is -0.137. The molecule has 260 valence electrons. The lowest BCUT2D eigenvalue weighted by atomic mass is 9.94. The highest BCUT2D eigenvalue weighted by Gasteiger charge is 2.31. The number of aromatic nitrogens is 2. The highest BCUT2D eigenvalue weighted by molar-refractivity contribution is 6.12. The number of aryl methyl sites for hydroxylation is 1. The summed E-state index contributed by atoms with van der Waals surface area (Å²) in [6.07, 6.45) is -4.53. The summed E-state index contributed by atoms with van der Waals surface area (Å²) in [6.45, 7) is 17.4. The molecule has 5 nitrogen and oxygen atoms in total. The molecule has 0 amide bonds. The van der Waals surface area contributed by atoms with E-state index in [0.29, 0.717) is 39.3 Å². The summed E-state index contributed by atoms with van der Waals surface area (Å²) in [5.74, 6) is 0. The highest BCUT2D eigenvalue weighted by atomic mass is 19.4. The van der Waals surface area contributed by atoms with E-state index < -0.39 is 11.7 Å². The van der Waals surface area contributed by atoms with Crippen LogP contribution < -0.4 is 0 Å². The summed E-state index contributed by atoms with van der Waals surface area (Å²) in [7, 11) is 0. The monoisotopic (exact) mass is 717 g/mol. The second kappa shape index (κ2) is 12.5. The molecule has 0 saturated heterocycles. The molecule has 0 N–H and O–H groups in total. The van der Waals surface area contributed by atoms with Crippen molar-refractivity contribution in [1.29, 1.82) is 5.26 Å². The average Bonchev–Trinajstić information content (AvgIpc) is 3.71. The normalized spacial score (nSPS) is 11.6. The van der Waals surface area contributed by atoms with Crippen molar-refractivity contribution in [2.45, 2.75) is 13.1 Å². The molecule has 0 aliphatic rings. The van der Waals surface area contributed by atoms with E-state index >= 15 is 0 Å². The van der Waals surface area contributed by atoms with E-state index in [1.807, 2.05) is 103 Å². The predicted octanol–water partition coefficient (Wildman–Crippen LogP) is 13.5. The molecule has 0 fully saturated rings. The summed E-state index contributed by atoms with van der Waals surface area (Å²) in [6, 6.07) is 44.5. The van der Waals surface area contributed by atoms with Gasteiger partial charge in [-0.25, -0.2) is 9.69 Å². The van der Waals surface area contributed by atoms with E-state index in [1.165, 1.54) is 6.07 Å². The quantitative estimate of drug-likeness (QED) is 0.167. The van der Waals surface area contributed by atoms with Crippen LogP contribution >= 0.6 is 0 Å². The first-order chi connectivity index (χ1) is 26.7. The van der Waals surface area contributed by atoms with E-state index in [2.05, 4.69) is 24.9 Å². The Bertz CT molecular complexity index is 3200. The Balaban J connectivity index is 1.41. The van der Waals surface area contributed by atoms with Gasteiger partial charge in [-0.15, -0.1) is 0 Å². The van der Waals surface area contributed by atoms with Gasteiger partial charge in [-0.1, -0.05) is 66.7 Å². The average molecular weight is 718 g/mol. The van der Waals surface area contributed by atoms with Crippen molar-refractivity contribution >= 4 is 55.0 Å². The van der Waals surface area contributed by atoms with E-state index in [4.69, 9.17) is 13.1 Å². The summed E-state index contributed by atoms with van der Waals surface area (Å²) in [5, 5.41) is 13.4. The van der Waals surface area contributed by atoms with E-state index in [1.54, 1.807) is 31.2 Å². The van der Waals surface area contributed by atoms with Crippen LogP contribution in [-0.2, 0) is 6.18 Å². The first-order valence-corrected chi connectivity index (χ1v) is 17.4. The molecule has 8 heteroatoms. The number of alkyl halides is 3. The van der Waals surface area contributed by atoms with Gasteiger partial charge in [0.2, 0.25) is 0 Å². The van der Waals surface area contributed by atoms with E-state index in [-0.39, 0.29) is 0 Å². The topological polar surface area (TPSA) is 42.4 Å². The number of halogens is 3. The van der Waals surface area contributed by atoms with Crippen LogP contribution in [0.2, 0.25) is 0 Å². The molecule has 0 spiro atoms. The van der Waals surface area contributed by atoms with Gasteiger partial charge in [0.1, 0.15) is 0 Å². The number of rotatable bonds is 4. The molecule has 0 atom stereocenters. The Kier molecular flexibility index (Phi) is 7.57. The first-order valence-electron chi connectivity index (χ1n) is 17.4. The van der Waals surface area contributed by atoms with Crippen molar-refractivity contribution < 1.29 is 13.2 Å². The Hall–Kier alpha value is -7.60. The summed E-state index contributed by atoms with van der Waals surface area (Å²) >= 11 is 0. The zero-order valence-electron chi connectivity index (χ0n) is 29.1. The van der Waals surface area contributed by atoms with E-state index in [9.17, 15) is 18.4 Å². The molecule has 9 rings (SSSR count). The van der Waals surface area contributed by atoms with Gasteiger partial charge in [0.25, 0.3) is 0 Å². The SMILES string of the molecule is [C-]#[N+]c1ccc(-n2c3ccccc3c3cc(C#N)ccc32)c(-c2ccc(-c3cc(C)cc(C(F)(F)F)c3)cc2-n2c3ccccc3c3cc([N+]#[C-])ccc32)c1. The molecule has 2 heterocycles. The predicted molar refractivity (Wildman–Crippen MR) is 213 cm³/mol. The van der Waals surface area contributed by atoms with E-state index in [0.717, 1.165) is 66.5 Å². The van der Waals surface area contributed by atoms with Gasteiger partial charge in [-0.2, -0.15) is 18.4 Å². The van der Waals surface area contributed by atoms with Crippen LogP contribution in [0.1, 0.15) is 16.7 Å². The molecule has 0 unspecified atom stereocenters. The zero-order chi connectivity index (χ0) is 38.0. The van der Waals surface area contributed by atoms with Crippen LogP contribution in [0.5, 0.6) is 0 Å². The second-order valence-corrected chi connectivity index (χ2v) is 13.5. The maximum Gasteiger partial charge on any atom is 0.416 e. The van der Waals surface area contributed by atoms with Gasteiger partial charge in [-0.3, -0.25) is 0 Å². The van der Waals surface area contributed by atoms with Crippen molar-refractivity contribution in [3.8, 4) is 39.7 Å². The molecule has 0 aliphatic carbocycles. The minimum atomic E-state index is -4.53. The lowest BCUT2D eigenvalue weighted by Gasteiger charge is -2.20. The smallest absolute Gasteiger partial charge is 0.309 e. The molecular formula is C47H26F3N5. The Morgan fingerprint density at radius 3 is 1.82 bits per heavy atom. The zero-order valence-corrected chi connectivity index (χ0v) is 29.1. The number of hydrogen-bond acceptors (Lipinski definition) is 1. The fourth-order valence-corrected chi connectivity index (χ4v) is 7.83. The van der Waals surface area contributed by atoms with Crippen molar-refractivity contribution in [3.63, 3.8) is 0 Å². The van der Waals surface area contributed by atoms with Crippen LogP contribution in [-0.4, -0.2) is 9.13 Å². The van der Waals surface area contributed by atoms with Gasteiger partial charge in [0.05, 0.1) is 63.8 Å². The molecule has 2 aromatic heterocycles. The fourth-order valence-electron chi connectivity index (χ4n) is 7.83. The molecule has 0 aliphatic heterocycles. The number of nitriles is 1. The summed E-state index contributed by atoms with van der Waals surface area (Å²) < 4.78 is 46.6. The van der Waals surface area contributed by atoms with Crippen molar-refractivity contribution in [2.24, 2.45) is 0 Å². The van der Waals surface area contributed by atoms with Gasteiger partial charge in [0, 0.05) is 21.7 Å². The minimum absolute atomic E-state index is 0.415. The standard InChI is InChI=1S/C47H26F3N5/c1-28-20-31(23-32(21-28)47(48,49)50)30-13-16-37(46(24-30)55-42-11-7-5-9-36(42)39-25-33(52-2)15-19-45(39)55)40-26-34(53-3)14-18-44(40)54-41-10-6-4-8-35(41)38-22-29(27-51)12-17-43(38)54/h4-26H,1H3. The third kappa shape index (κ3) is 5.38. The van der Waals surface area contributed by atoms with Crippen molar-refractivity contribution in [1.82, 2.24) is 9.13 Å². The van der Waals surface area contributed by atoms with Gasteiger partial charge < -0.3 is 9.13 Å². The molecule has 0 bridgehead atoms. The molecule has 0 saturated carbocycles. The summed E-state index contributed by atoms with van der Waals surface area (Å²) in [4.78, 5) is 7.49. The number of nitrogens with zero attached hydrogens (tertiary/aromatic N) is 5. The molecule has 9 aromatic rings. The lowest BCUT2D eigenvalue weighted by Crippen LogP contribution is -2.05. The maximum atomic E-state index is 14.1. The van der Waals surface area contributed by atoms with Crippen molar-refractivity contribution in [3.05, 3.63) is 179 Å². The summed E-state index contributed by atoms with van der Waals surface area (Å²) in [5.41, 5.74) is 8.58. The van der Waals surface area contributed by atoms with Crippen LogP contribution in [0.3, 0.4) is 0 Å². The second-order valence-electron chi connectivity index (χ2n) is 13.5. The molecule has 0 radical (unpaired) electrons. The maximum absolute atomic E-state index is 14.1. The first kappa shape index (κ1) is 33.3. The van der Waals surface area contributed by atoms with Crippen LogP contribution in [0, 0.1) is 31.4 Å². The Morgan fingerprint density at radius 1 is 0.545 bits per heavy atom. The van der Waals surface area contributed by atoms with Gasteiger partial charge in [0.15, 0.2) is 11.4 Å². The number of hydrogen-bond donors (Lipinski definition) is 0. The van der Waals surface area contributed by atoms with Gasteiger partial charge in [-0.05, 0) is 107 Å². The Labute approximate surface area is 313 Å². The molecule has 55 heavy (non-hydrogen) atoms. The number of para-hydroxylation sites is 2. The Morgan fingerprint density at radius 2 is 1.15 bits per heavy atom. The minimum Gasteiger partial charge on any atom is -0.309 e. The van der Waals surface area contributed by atoms with Gasteiger partial charge >= 0.3 is 6.18 Å². The highest BCUT2D eigenvalue weighted by Crippen LogP contribution is 2.44. The third-order valence-corrected chi connectivity index (χ3v) is 10.2. The molecular weight excluding hydrogens is 692 g/mol. The van der Waals surface area contributed by atoms with Crippen LogP contribution in [0.25, 0.3) is 86.9 Å². The number of fused-ring (bicyclic) bond motifs is 6. The van der Waals surface area contributed by atoms with Crippen LogP contribution in [0.15, 0.2) is 140 Å². The number of benzene rings is 7. The fraction of sp³-hybridized carbons (Fsp3) is 0.0426. The van der Waals surface area contributed by atoms with Crippen LogP contribution in [0.4, 0.5) is 24.5 Å². The molecule has 7 aromatic carbocycles.